The van der Waals surface area contributed by atoms with E-state index in [0.717, 1.165) is 18.8 Å². The Morgan fingerprint density at radius 1 is 0.960 bits per heavy atom. The molecule has 5 heteroatoms. The zero-order chi connectivity index (χ0) is 15.9. The van der Waals surface area contributed by atoms with Gasteiger partial charge in [0.25, 0.3) is 0 Å². The molecule has 0 aromatic heterocycles. The SMILES string of the molecule is COc1ccccc1CNC1CCN(Cc2ccccc2)CC1.Cl.Cl. The van der Waals surface area contributed by atoms with Crippen LogP contribution in [-0.4, -0.2) is 31.1 Å². The summed E-state index contributed by atoms with van der Waals surface area (Å²) in [6.45, 7) is 4.28. The third kappa shape index (κ3) is 6.52. The Bertz CT molecular complexity index is 602. The van der Waals surface area contributed by atoms with Crippen LogP contribution in [0.5, 0.6) is 5.75 Å². The van der Waals surface area contributed by atoms with Gasteiger partial charge >= 0.3 is 0 Å². The molecule has 0 bridgehead atoms. The molecule has 3 rings (SSSR count). The minimum atomic E-state index is 0. The minimum Gasteiger partial charge on any atom is -0.496 e. The van der Waals surface area contributed by atoms with Gasteiger partial charge in [0.1, 0.15) is 5.75 Å². The molecule has 2 aromatic rings. The molecule has 1 N–H and O–H groups in total. The summed E-state index contributed by atoms with van der Waals surface area (Å²) in [5.41, 5.74) is 2.65. The Morgan fingerprint density at radius 3 is 2.28 bits per heavy atom. The number of ether oxygens (including phenoxy) is 1. The second kappa shape index (κ2) is 11.4. The van der Waals surface area contributed by atoms with Crippen molar-refractivity contribution in [1.82, 2.24) is 10.2 Å². The Labute approximate surface area is 163 Å². The molecule has 1 aliphatic rings. The molecule has 138 valence electrons. The fourth-order valence-electron chi connectivity index (χ4n) is 3.24. The van der Waals surface area contributed by atoms with Crippen LogP contribution in [0.1, 0.15) is 24.0 Å². The Balaban J connectivity index is 0.00000156. The summed E-state index contributed by atoms with van der Waals surface area (Å²) in [5.74, 6) is 0.974. The first-order valence-electron chi connectivity index (χ1n) is 8.46. The van der Waals surface area contributed by atoms with E-state index in [2.05, 4.69) is 52.7 Å². The molecule has 0 radical (unpaired) electrons. The topological polar surface area (TPSA) is 24.5 Å². The van der Waals surface area contributed by atoms with Gasteiger partial charge in [-0.05, 0) is 37.6 Å². The van der Waals surface area contributed by atoms with Crippen LogP contribution in [0.15, 0.2) is 54.6 Å². The quantitative estimate of drug-likeness (QED) is 0.805. The molecule has 0 unspecified atom stereocenters. The number of para-hydroxylation sites is 1. The molecule has 3 nitrogen and oxygen atoms in total. The van der Waals surface area contributed by atoms with Crippen molar-refractivity contribution in [2.24, 2.45) is 0 Å². The van der Waals surface area contributed by atoms with Crippen LogP contribution in [0, 0.1) is 0 Å². The second-order valence-corrected chi connectivity index (χ2v) is 6.23. The average Bonchev–Trinajstić information content (AvgIpc) is 2.62. The maximum absolute atomic E-state index is 5.42. The fraction of sp³-hybridized carbons (Fsp3) is 0.400. The van der Waals surface area contributed by atoms with Gasteiger partial charge in [-0.3, -0.25) is 4.90 Å². The minimum absolute atomic E-state index is 0. The first-order chi connectivity index (χ1) is 11.3. The number of nitrogens with zero attached hydrogens (tertiary/aromatic N) is 1. The van der Waals surface area contributed by atoms with Crippen LogP contribution in [0.25, 0.3) is 0 Å². The zero-order valence-electron chi connectivity index (χ0n) is 14.7. The lowest BCUT2D eigenvalue weighted by Gasteiger charge is -2.32. The van der Waals surface area contributed by atoms with Gasteiger partial charge in [-0.1, -0.05) is 48.5 Å². The molecular formula is C20H28Cl2N2O. The van der Waals surface area contributed by atoms with Crippen molar-refractivity contribution in [3.05, 3.63) is 65.7 Å². The molecule has 0 aliphatic carbocycles. The van der Waals surface area contributed by atoms with Crippen molar-refractivity contribution in [1.29, 1.82) is 0 Å². The van der Waals surface area contributed by atoms with Gasteiger partial charge in [-0.25, -0.2) is 0 Å². The largest absolute Gasteiger partial charge is 0.496 e. The standard InChI is InChI=1S/C20H26N2O.2ClH/c1-23-20-10-6-5-9-18(20)15-21-19-11-13-22(14-12-19)16-17-7-3-2-4-8-17;;/h2-10,19,21H,11-16H2,1H3;2*1H. The maximum atomic E-state index is 5.42. The first kappa shape index (κ1) is 21.8. The van der Waals surface area contributed by atoms with Gasteiger partial charge < -0.3 is 10.1 Å². The highest BCUT2D eigenvalue weighted by Gasteiger charge is 2.19. The lowest BCUT2D eigenvalue weighted by Crippen LogP contribution is -2.41. The van der Waals surface area contributed by atoms with Crippen LogP contribution < -0.4 is 10.1 Å². The molecule has 25 heavy (non-hydrogen) atoms. The lowest BCUT2D eigenvalue weighted by molar-refractivity contribution is 0.190. The maximum Gasteiger partial charge on any atom is 0.123 e. The summed E-state index contributed by atoms with van der Waals surface area (Å²) in [5, 5.41) is 3.69. The highest BCUT2D eigenvalue weighted by Crippen LogP contribution is 2.19. The van der Waals surface area contributed by atoms with Crippen LogP contribution in [0.2, 0.25) is 0 Å². The lowest BCUT2D eigenvalue weighted by atomic mass is 10.0. The molecule has 1 saturated heterocycles. The van der Waals surface area contributed by atoms with E-state index in [1.54, 1.807) is 7.11 Å². The Kier molecular flexibility index (Phi) is 9.91. The highest BCUT2D eigenvalue weighted by atomic mass is 35.5. The van der Waals surface area contributed by atoms with Crippen molar-refractivity contribution in [3.8, 4) is 5.75 Å². The Morgan fingerprint density at radius 2 is 1.60 bits per heavy atom. The fourth-order valence-corrected chi connectivity index (χ4v) is 3.24. The summed E-state index contributed by atoms with van der Waals surface area (Å²) in [7, 11) is 1.74. The van der Waals surface area contributed by atoms with E-state index in [4.69, 9.17) is 4.74 Å². The molecule has 2 aromatic carbocycles. The molecular weight excluding hydrogens is 355 g/mol. The van der Waals surface area contributed by atoms with E-state index in [-0.39, 0.29) is 24.8 Å². The zero-order valence-corrected chi connectivity index (χ0v) is 16.3. The number of hydrogen-bond acceptors (Lipinski definition) is 3. The monoisotopic (exact) mass is 382 g/mol. The predicted molar refractivity (Wildman–Crippen MR) is 109 cm³/mol. The molecule has 0 saturated carbocycles. The second-order valence-electron chi connectivity index (χ2n) is 6.23. The predicted octanol–water partition coefficient (Wildman–Crippen LogP) is 4.29. The van der Waals surface area contributed by atoms with Crippen LogP contribution in [0.4, 0.5) is 0 Å². The number of nitrogens with one attached hydrogen (secondary N) is 1. The van der Waals surface area contributed by atoms with E-state index in [9.17, 15) is 0 Å². The summed E-state index contributed by atoms with van der Waals surface area (Å²) in [6, 6.07) is 19.6. The molecule has 1 aliphatic heterocycles. The van der Waals surface area contributed by atoms with Crippen LogP contribution in [0.3, 0.4) is 0 Å². The number of hydrogen-bond donors (Lipinski definition) is 1. The van der Waals surface area contributed by atoms with E-state index in [0.29, 0.717) is 6.04 Å². The van der Waals surface area contributed by atoms with Crippen LogP contribution in [-0.2, 0) is 13.1 Å². The molecule has 1 heterocycles. The summed E-state index contributed by atoms with van der Waals surface area (Å²) in [4.78, 5) is 2.55. The van der Waals surface area contributed by atoms with Gasteiger partial charge in [-0.2, -0.15) is 0 Å². The van der Waals surface area contributed by atoms with E-state index in [1.165, 1.54) is 37.1 Å². The summed E-state index contributed by atoms with van der Waals surface area (Å²) >= 11 is 0. The molecule has 0 spiro atoms. The normalized spacial score (nSPS) is 15.1. The van der Waals surface area contributed by atoms with Crippen molar-refractivity contribution in [2.75, 3.05) is 20.2 Å². The number of benzene rings is 2. The molecule has 0 amide bonds. The van der Waals surface area contributed by atoms with E-state index >= 15 is 0 Å². The van der Waals surface area contributed by atoms with Crippen molar-refractivity contribution in [2.45, 2.75) is 32.0 Å². The number of methoxy groups -OCH3 is 1. The summed E-state index contributed by atoms with van der Waals surface area (Å²) in [6.07, 6.45) is 2.42. The van der Waals surface area contributed by atoms with Crippen molar-refractivity contribution >= 4 is 24.8 Å². The number of rotatable bonds is 6. The van der Waals surface area contributed by atoms with Crippen LogP contribution >= 0.6 is 24.8 Å². The number of piperidine rings is 1. The molecule has 0 atom stereocenters. The van der Waals surface area contributed by atoms with Crippen molar-refractivity contribution in [3.63, 3.8) is 0 Å². The highest BCUT2D eigenvalue weighted by molar-refractivity contribution is 5.85. The van der Waals surface area contributed by atoms with Gasteiger partial charge in [0.05, 0.1) is 7.11 Å². The third-order valence-corrected chi connectivity index (χ3v) is 4.61. The number of halogens is 2. The van der Waals surface area contributed by atoms with Crippen molar-refractivity contribution < 1.29 is 4.74 Å². The molecule has 1 fully saturated rings. The van der Waals surface area contributed by atoms with Gasteiger partial charge in [0, 0.05) is 24.7 Å². The third-order valence-electron chi connectivity index (χ3n) is 4.61. The van der Waals surface area contributed by atoms with E-state index < -0.39 is 0 Å². The Hall–Kier alpha value is -1.26. The first-order valence-corrected chi connectivity index (χ1v) is 8.46. The smallest absolute Gasteiger partial charge is 0.123 e. The summed E-state index contributed by atoms with van der Waals surface area (Å²) < 4.78 is 5.42. The van der Waals surface area contributed by atoms with Gasteiger partial charge in [-0.15, -0.1) is 24.8 Å². The number of likely N-dealkylation sites (tertiary alicyclic amines) is 1. The average molecular weight is 383 g/mol. The van der Waals surface area contributed by atoms with E-state index in [1.807, 2.05) is 12.1 Å². The van der Waals surface area contributed by atoms with Gasteiger partial charge in [0.15, 0.2) is 0 Å². The van der Waals surface area contributed by atoms with Gasteiger partial charge in [0.2, 0.25) is 0 Å².